The summed E-state index contributed by atoms with van der Waals surface area (Å²) < 4.78 is 0.939. The summed E-state index contributed by atoms with van der Waals surface area (Å²) in [4.78, 5) is 19.4. The van der Waals surface area contributed by atoms with Gasteiger partial charge in [-0.1, -0.05) is 0 Å². The van der Waals surface area contributed by atoms with Gasteiger partial charge >= 0.3 is 0 Å². The van der Waals surface area contributed by atoms with Gasteiger partial charge in [0.15, 0.2) is 0 Å². The number of thiophene rings is 1. The van der Waals surface area contributed by atoms with Gasteiger partial charge in [-0.15, -0.1) is 11.3 Å². The van der Waals surface area contributed by atoms with Gasteiger partial charge < -0.3 is 15.7 Å². The van der Waals surface area contributed by atoms with E-state index in [0.29, 0.717) is 17.0 Å². The minimum absolute atomic E-state index is 0.00755. The van der Waals surface area contributed by atoms with Crippen LogP contribution in [0.25, 0.3) is 10.1 Å². The molecule has 112 valence electrons. The number of nitrogen functional groups attached to an aromatic ring is 1. The molecule has 1 unspecified atom stereocenters. The molecule has 1 aliphatic heterocycles. The van der Waals surface area contributed by atoms with Crippen molar-refractivity contribution in [2.24, 2.45) is 0 Å². The van der Waals surface area contributed by atoms with Gasteiger partial charge in [0.05, 0.1) is 10.4 Å². The summed E-state index contributed by atoms with van der Waals surface area (Å²) in [5.74, 6) is -0.00755. The van der Waals surface area contributed by atoms with Crippen LogP contribution >= 0.6 is 11.3 Å². The number of aliphatic hydroxyl groups excluding tert-OH is 1. The number of aromatic nitrogens is 1. The molecule has 0 radical (unpaired) electrons. The molecule has 3 N–H and O–H groups in total. The molecular weight excluding hydrogens is 286 g/mol. The van der Waals surface area contributed by atoms with E-state index in [-0.39, 0.29) is 18.6 Å². The Hall–Kier alpha value is -1.66. The average molecular weight is 305 g/mol. The van der Waals surface area contributed by atoms with E-state index < -0.39 is 0 Å². The summed E-state index contributed by atoms with van der Waals surface area (Å²) >= 11 is 1.40. The zero-order valence-corrected chi connectivity index (χ0v) is 12.6. The molecule has 0 spiro atoms. The van der Waals surface area contributed by atoms with Crippen molar-refractivity contribution in [1.82, 2.24) is 9.88 Å². The molecule has 0 bridgehead atoms. The lowest BCUT2D eigenvalue weighted by Crippen LogP contribution is -2.44. The first kappa shape index (κ1) is 14.3. The van der Waals surface area contributed by atoms with Gasteiger partial charge in [-0.3, -0.25) is 9.78 Å². The monoisotopic (exact) mass is 305 g/mol. The van der Waals surface area contributed by atoms with Crippen LogP contribution in [0.5, 0.6) is 0 Å². The number of aliphatic hydroxyl groups is 1. The first-order valence-electron chi connectivity index (χ1n) is 7.26. The van der Waals surface area contributed by atoms with Gasteiger partial charge in [-0.2, -0.15) is 0 Å². The molecule has 21 heavy (non-hydrogen) atoms. The number of piperidine rings is 1. The molecule has 1 atom stereocenters. The van der Waals surface area contributed by atoms with E-state index in [1.807, 2.05) is 11.0 Å². The molecule has 6 heteroatoms. The maximum atomic E-state index is 12.8. The van der Waals surface area contributed by atoms with Crippen LogP contribution in [-0.2, 0) is 0 Å². The van der Waals surface area contributed by atoms with Crippen molar-refractivity contribution in [2.45, 2.75) is 31.7 Å². The summed E-state index contributed by atoms with van der Waals surface area (Å²) in [6.07, 6.45) is 7.15. The first-order valence-corrected chi connectivity index (χ1v) is 8.08. The van der Waals surface area contributed by atoms with Gasteiger partial charge in [0, 0.05) is 37.0 Å². The standard InChI is InChI=1S/C15H19N3O2S/c16-13-11-4-6-17-9-12(11)21-14(13)15(20)18-7-2-1-3-10(18)5-8-19/h4,6,9-10,19H,1-3,5,7-8,16H2. The second-order valence-electron chi connectivity index (χ2n) is 5.38. The van der Waals surface area contributed by atoms with E-state index in [4.69, 9.17) is 5.73 Å². The smallest absolute Gasteiger partial charge is 0.266 e. The minimum atomic E-state index is -0.00755. The third-order valence-electron chi connectivity index (χ3n) is 4.08. The SMILES string of the molecule is Nc1c(C(=O)N2CCCCC2CCO)sc2cnccc12. The third-order valence-corrected chi connectivity index (χ3v) is 5.22. The largest absolute Gasteiger partial charge is 0.397 e. The highest BCUT2D eigenvalue weighted by molar-refractivity contribution is 7.21. The number of hydrogen-bond acceptors (Lipinski definition) is 5. The minimum Gasteiger partial charge on any atom is -0.397 e. The number of rotatable bonds is 3. The zero-order valence-electron chi connectivity index (χ0n) is 11.8. The molecule has 3 heterocycles. The fourth-order valence-electron chi connectivity index (χ4n) is 2.98. The molecule has 2 aromatic heterocycles. The van der Waals surface area contributed by atoms with Crippen LogP contribution in [0.3, 0.4) is 0 Å². The van der Waals surface area contributed by atoms with Crippen LogP contribution in [0, 0.1) is 0 Å². The molecule has 1 saturated heterocycles. The lowest BCUT2D eigenvalue weighted by molar-refractivity contribution is 0.0580. The van der Waals surface area contributed by atoms with Crippen LogP contribution in [0.1, 0.15) is 35.4 Å². The van der Waals surface area contributed by atoms with Crippen molar-refractivity contribution in [2.75, 3.05) is 18.9 Å². The van der Waals surface area contributed by atoms with Crippen molar-refractivity contribution in [3.05, 3.63) is 23.3 Å². The molecule has 1 aliphatic rings. The topological polar surface area (TPSA) is 79.5 Å². The molecule has 0 aromatic carbocycles. The number of likely N-dealkylation sites (tertiary alicyclic amines) is 1. The van der Waals surface area contributed by atoms with Crippen LogP contribution < -0.4 is 5.73 Å². The maximum absolute atomic E-state index is 12.8. The van der Waals surface area contributed by atoms with E-state index in [9.17, 15) is 9.90 Å². The van der Waals surface area contributed by atoms with Crippen molar-refractivity contribution in [3.63, 3.8) is 0 Å². The molecule has 1 fully saturated rings. The highest BCUT2D eigenvalue weighted by atomic mass is 32.1. The second-order valence-corrected chi connectivity index (χ2v) is 6.43. The van der Waals surface area contributed by atoms with Gasteiger partial charge in [0.2, 0.25) is 0 Å². The maximum Gasteiger partial charge on any atom is 0.266 e. The van der Waals surface area contributed by atoms with Gasteiger partial charge in [0.25, 0.3) is 5.91 Å². The Labute approximate surface area is 127 Å². The van der Waals surface area contributed by atoms with Crippen molar-refractivity contribution in [3.8, 4) is 0 Å². The van der Waals surface area contributed by atoms with Gasteiger partial charge in [-0.25, -0.2) is 0 Å². The Balaban J connectivity index is 1.93. The van der Waals surface area contributed by atoms with Gasteiger partial charge in [0.1, 0.15) is 4.88 Å². The molecule has 3 rings (SSSR count). The van der Waals surface area contributed by atoms with Crippen LogP contribution in [-0.4, -0.2) is 40.1 Å². The Bertz CT molecular complexity index is 653. The number of nitrogens with two attached hydrogens (primary N) is 1. The number of pyridine rings is 1. The fraction of sp³-hybridized carbons (Fsp3) is 0.467. The highest BCUT2D eigenvalue weighted by Crippen LogP contribution is 2.35. The number of carbonyl (C=O) groups is 1. The Kier molecular flexibility index (Phi) is 4.07. The molecule has 0 saturated carbocycles. The van der Waals surface area contributed by atoms with E-state index in [1.54, 1.807) is 12.4 Å². The Morgan fingerprint density at radius 1 is 1.52 bits per heavy atom. The van der Waals surface area contributed by atoms with E-state index in [1.165, 1.54) is 11.3 Å². The second kappa shape index (κ2) is 5.99. The van der Waals surface area contributed by atoms with Crippen LogP contribution in [0.15, 0.2) is 18.5 Å². The number of nitrogens with zero attached hydrogens (tertiary/aromatic N) is 2. The lowest BCUT2D eigenvalue weighted by atomic mass is 9.99. The lowest BCUT2D eigenvalue weighted by Gasteiger charge is -2.35. The van der Waals surface area contributed by atoms with Crippen molar-refractivity contribution in [1.29, 1.82) is 0 Å². The third kappa shape index (κ3) is 2.61. The summed E-state index contributed by atoms with van der Waals surface area (Å²) in [6.45, 7) is 0.857. The van der Waals surface area contributed by atoms with E-state index >= 15 is 0 Å². The van der Waals surface area contributed by atoms with E-state index in [0.717, 1.165) is 35.9 Å². The molecule has 0 aliphatic carbocycles. The number of carbonyl (C=O) groups excluding carboxylic acids is 1. The highest BCUT2D eigenvalue weighted by Gasteiger charge is 2.29. The van der Waals surface area contributed by atoms with Crippen molar-refractivity contribution < 1.29 is 9.90 Å². The summed E-state index contributed by atoms with van der Waals surface area (Å²) in [6, 6.07) is 1.97. The summed E-state index contributed by atoms with van der Waals surface area (Å²) in [7, 11) is 0. The van der Waals surface area contributed by atoms with Crippen LogP contribution in [0.4, 0.5) is 5.69 Å². The average Bonchev–Trinajstić information content (AvgIpc) is 2.85. The number of anilines is 1. The number of hydrogen-bond donors (Lipinski definition) is 2. The van der Waals surface area contributed by atoms with Gasteiger partial charge in [-0.05, 0) is 31.7 Å². The number of fused-ring (bicyclic) bond motifs is 1. The Morgan fingerprint density at radius 2 is 2.38 bits per heavy atom. The predicted octanol–water partition coefficient (Wildman–Crippen LogP) is 2.26. The quantitative estimate of drug-likeness (QED) is 0.911. The fourth-order valence-corrected chi connectivity index (χ4v) is 4.02. The first-order chi connectivity index (χ1) is 10.2. The van der Waals surface area contributed by atoms with Crippen LogP contribution in [0.2, 0.25) is 0 Å². The molecule has 2 aromatic rings. The molecule has 5 nitrogen and oxygen atoms in total. The zero-order chi connectivity index (χ0) is 14.8. The summed E-state index contributed by atoms with van der Waals surface area (Å²) in [5.41, 5.74) is 6.70. The Morgan fingerprint density at radius 3 is 3.14 bits per heavy atom. The summed E-state index contributed by atoms with van der Waals surface area (Å²) in [5, 5.41) is 10.1. The molecular formula is C15H19N3O2S. The van der Waals surface area contributed by atoms with Crippen molar-refractivity contribution >= 4 is 33.0 Å². The van der Waals surface area contributed by atoms with E-state index in [2.05, 4.69) is 4.98 Å². The normalized spacial score (nSPS) is 19.1. The molecule has 1 amide bonds. The predicted molar refractivity (Wildman–Crippen MR) is 84.4 cm³/mol. The number of amides is 1.